The van der Waals surface area contributed by atoms with Crippen molar-refractivity contribution in [3.63, 3.8) is 0 Å². The van der Waals surface area contributed by atoms with E-state index in [2.05, 4.69) is 5.32 Å². The summed E-state index contributed by atoms with van der Waals surface area (Å²) < 4.78 is 38.4. The molecule has 4 rings (SSSR count). The van der Waals surface area contributed by atoms with E-state index in [-0.39, 0.29) is 36.2 Å². The number of hydrogen-bond donors (Lipinski definition) is 1. The van der Waals surface area contributed by atoms with Gasteiger partial charge in [0, 0.05) is 25.2 Å². The Hall–Kier alpha value is -3.11. The summed E-state index contributed by atoms with van der Waals surface area (Å²) in [6.07, 6.45) is 2.66. The molecule has 0 aliphatic carbocycles. The van der Waals surface area contributed by atoms with Crippen molar-refractivity contribution in [2.45, 2.75) is 30.7 Å². The van der Waals surface area contributed by atoms with Gasteiger partial charge in [0.2, 0.25) is 15.9 Å². The molecular weight excluding hydrogens is 446 g/mol. The Morgan fingerprint density at radius 1 is 1.12 bits per heavy atom. The van der Waals surface area contributed by atoms with Gasteiger partial charge in [-0.25, -0.2) is 8.42 Å². The second-order valence-corrected chi connectivity index (χ2v) is 9.89. The molecule has 0 spiro atoms. The molecule has 0 bridgehead atoms. The van der Waals surface area contributed by atoms with Crippen LogP contribution in [0.2, 0.25) is 0 Å². The summed E-state index contributed by atoms with van der Waals surface area (Å²) >= 11 is 0. The van der Waals surface area contributed by atoms with Gasteiger partial charge in [-0.05, 0) is 37.1 Å². The number of nitrogens with zero attached hydrogens (tertiary/aromatic N) is 2. The first-order valence-electron chi connectivity index (χ1n) is 10.9. The maximum absolute atomic E-state index is 13.1. The summed E-state index contributed by atoms with van der Waals surface area (Å²) in [7, 11) is -2.14. The van der Waals surface area contributed by atoms with E-state index in [0.29, 0.717) is 24.6 Å². The number of rotatable bonds is 7. The van der Waals surface area contributed by atoms with E-state index < -0.39 is 15.9 Å². The van der Waals surface area contributed by atoms with Gasteiger partial charge in [-0.2, -0.15) is 4.31 Å². The number of ether oxygens (including phenoxy) is 2. The fraction of sp³-hybridized carbons (Fsp3) is 0.391. The number of hydrogen-bond acceptors (Lipinski definition) is 6. The largest absolute Gasteiger partial charge is 0.496 e. The molecule has 176 valence electrons. The number of methoxy groups -OCH3 is 1. The van der Waals surface area contributed by atoms with Crippen LogP contribution in [-0.4, -0.2) is 57.9 Å². The highest BCUT2D eigenvalue weighted by molar-refractivity contribution is 7.89. The fourth-order valence-electron chi connectivity index (χ4n) is 4.01. The van der Waals surface area contributed by atoms with Gasteiger partial charge < -0.3 is 14.8 Å². The predicted octanol–water partition coefficient (Wildman–Crippen LogP) is 1.91. The Morgan fingerprint density at radius 3 is 2.64 bits per heavy atom. The van der Waals surface area contributed by atoms with Crippen LogP contribution in [-0.2, 0) is 26.2 Å². The highest BCUT2D eigenvalue weighted by atomic mass is 32.2. The highest BCUT2D eigenvalue weighted by Gasteiger charge is 2.31. The topological polar surface area (TPSA) is 105 Å². The molecule has 2 aromatic carbocycles. The summed E-state index contributed by atoms with van der Waals surface area (Å²) in [6.45, 7) is 0.716. The average molecular weight is 474 g/mol. The molecule has 2 aromatic rings. The quantitative estimate of drug-likeness (QED) is 0.659. The lowest BCUT2D eigenvalue weighted by Gasteiger charge is -2.30. The Morgan fingerprint density at radius 2 is 1.88 bits per heavy atom. The van der Waals surface area contributed by atoms with E-state index >= 15 is 0 Å². The molecule has 2 heterocycles. The number of piperidine rings is 1. The van der Waals surface area contributed by atoms with E-state index in [1.165, 1.54) is 21.3 Å². The lowest BCUT2D eigenvalue weighted by Crippen LogP contribution is -2.45. The van der Waals surface area contributed by atoms with Gasteiger partial charge in [-0.1, -0.05) is 24.6 Å². The molecule has 0 radical (unpaired) electrons. The van der Waals surface area contributed by atoms with Crippen LogP contribution in [0.5, 0.6) is 11.5 Å². The zero-order chi connectivity index (χ0) is 23.4. The van der Waals surface area contributed by atoms with Crippen LogP contribution < -0.4 is 19.7 Å². The van der Waals surface area contributed by atoms with Crippen molar-refractivity contribution >= 4 is 27.5 Å². The molecule has 0 unspecified atom stereocenters. The highest BCUT2D eigenvalue weighted by Crippen LogP contribution is 2.35. The van der Waals surface area contributed by atoms with Crippen LogP contribution in [0, 0.1) is 0 Å². The van der Waals surface area contributed by atoms with Crippen LogP contribution in [0.3, 0.4) is 0 Å². The number of carbonyl (C=O) groups excluding carboxylic acids is 2. The van der Waals surface area contributed by atoms with Gasteiger partial charge in [-0.15, -0.1) is 0 Å². The van der Waals surface area contributed by atoms with Crippen LogP contribution in [0.1, 0.15) is 24.8 Å². The van der Waals surface area contributed by atoms with E-state index in [4.69, 9.17) is 9.47 Å². The molecule has 33 heavy (non-hydrogen) atoms. The van der Waals surface area contributed by atoms with Gasteiger partial charge in [0.1, 0.15) is 18.0 Å². The van der Waals surface area contributed by atoms with Gasteiger partial charge in [0.25, 0.3) is 5.91 Å². The molecule has 0 aromatic heterocycles. The lowest BCUT2D eigenvalue weighted by molar-refractivity contribution is -0.125. The van der Waals surface area contributed by atoms with Crippen molar-refractivity contribution in [1.29, 1.82) is 0 Å². The second kappa shape index (κ2) is 9.80. The standard InChI is InChI=1S/C23H27N3O6S/c1-31-20-8-4-3-7-17(20)14-24-22(27)15-26-19-13-18(9-10-21(19)32-16-23(26)28)33(29,30)25-11-5-2-6-12-25/h3-4,7-10,13H,2,5-6,11-12,14-16H2,1H3,(H,24,27). The summed E-state index contributed by atoms with van der Waals surface area (Å²) in [6, 6.07) is 11.8. The fourth-order valence-corrected chi connectivity index (χ4v) is 5.55. The summed E-state index contributed by atoms with van der Waals surface area (Å²) in [5, 5.41) is 2.79. The summed E-state index contributed by atoms with van der Waals surface area (Å²) in [5.74, 6) is 0.219. The molecule has 2 aliphatic rings. The molecule has 2 amide bonds. The number of nitrogens with one attached hydrogen (secondary N) is 1. The molecule has 0 saturated carbocycles. The maximum atomic E-state index is 13.1. The number of para-hydroxylation sites is 1. The minimum Gasteiger partial charge on any atom is -0.496 e. The minimum atomic E-state index is -3.69. The van der Waals surface area contributed by atoms with Crippen molar-refractivity contribution in [2.75, 3.05) is 38.3 Å². The minimum absolute atomic E-state index is 0.0841. The molecule has 2 aliphatic heterocycles. The first-order valence-corrected chi connectivity index (χ1v) is 12.3. The Balaban J connectivity index is 1.52. The van der Waals surface area contributed by atoms with Gasteiger partial charge in [0.15, 0.2) is 6.61 Å². The number of fused-ring (bicyclic) bond motifs is 1. The number of amides is 2. The molecule has 1 fully saturated rings. The summed E-state index contributed by atoms with van der Waals surface area (Å²) in [4.78, 5) is 26.6. The third kappa shape index (κ3) is 4.96. The van der Waals surface area contributed by atoms with Crippen molar-refractivity contribution in [2.24, 2.45) is 0 Å². The molecule has 9 nitrogen and oxygen atoms in total. The summed E-state index contributed by atoms with van der Waals surface area (Å²) in [5.41, 5.74) is 1.08. The molecular formula is C23H27N3O6S. The van der Waals surface area contributed by atoms with E-state index in [1.807, 2.05) is 18.2 Å². The van der Waals surface area contributed by atoms with Gasteiger partial charge in [0.05, 0.1) is 17.7 Å². The van der Waals surface area contributed by atoms with Crippen molar-refractivity contribution in [1.82, 2.24) is 9.62 Å². The van der Waals surface area contributed by atoms with Gasteiger partial charge >= 0.3 is 0 Å². The van der Waals surface area contributed by atoms with Gasteiger partial charge in [-0.3, -0.25) is 14.5 Å². The third-order valence-corrected chi connectivity index (χ3v) is 7.69. The first kappa shape index (κ1) is 23.1. The Kier molecular flexibility index (Phi) is 6.85. The molecule has 10 heteroatoms. The van der Waals surface area contributed by atoms with E-state index in [9.17, 15) is 18.0 Å². The van der Waals surface area contributed by atoms with Crippen LogP contribution in [0.15, 0.2) is 47.4 Å². The average Bonchev–Trinajstić information content (AvgIpc) is 2.85. The number of sulfonamides is 1. The monoisotopic (exact) mass is 473 g/mol. The molecule has 1 saturated heterocycles. The SMILES string of the molecule is COc1ccccc1CNC(=O)CN1C(=O)COc2ccc(S(=O)(=O)N3CCCCC3)cc21. The molecule has 1 N–H and O–H groups in total. The first-order chi connectivity index (χ1) is 15.9. The van der Waals surface area contributed by atoms with Crippen molar-refractivity contribution in [3.05, 3.63) is 48.0 Å². The molecule has 0 atom stereocenters. The Bertz CT molecular complexity index is 1140. The van der Waals surface area contributed by atoms with Crippen molar-refractivity contribution in [3.8, 4) is 11.5 Å². The third-order valence-electron chi connectivity index (χ3n) is 5.80. The van der Waals surface area contributed by atoms with Crippen LogP contribution >= 0.6 is 0 Å². The van der Waals surface area contributed by atoms with E-state index in [1.54, 1.807) is 19.2 Å². The van der Waals surface area contributed by atoms with E-state index in [0.717, 1.165) is 24.8 Å². The number of benzene rings is 2. The second-order valence-electron chi connectivity index (χ2n) is 7.95. The number of anilines is 1. The normalized spacial score (nSPS) is 16.6. The Labute approximate surface area is 193 Å². The van der Waals surface area contributed by atoms with Crippen LogP contribution in [0.4, 0.5) is 5.69 Å². The zero-order valence-corrected chi connectivity index (χ0v) is 19.3. The predicted molar refractivity (Wildman–Crippen MR) is 122 cm³/mol. The maximum Gasteiger partial charge on any atom is 0.265 e. The van der Waals surface area contributed by atoms with Crippen molar-refractivity contribution < 1.29 is 27.5 Å². The number of carbonyl (C=O) groups is 2. The lowest BCUT2D eigenvalue weighted by atomic mass is 10.2. The zero-order valence-electron chi connectivity index (χ0n) is 18.5. The van der Waals surface area contributed by atoms with Crippen LogP contribution in [0.25, 0.3) is 0 Å². The smallest absolute Gasteiger partial charge is 0.265 e.